The number of hydrogen-bond acceptors (Lipinski definition) is 5. The normalized spacial score (nSPS) is 18.0. The molecule has 5 nitrogen and oxygen atoms in total. The summed E-state index contributed by atoms with van der Waals surface area (Å²) in [5, 5.41) is 9.90. The van der Waals surface area contributed by atoms with Crippen LogP contribution in [0.2, 0.25) is 0 Å². The average molecular weight is 167 g/mol. The molecule has 0 aromatic heterocycles. The van der Waals surface area contributed by atoms with Crippen LogP contribution in [0.4, 0.5) is 0 Å². The number of carboxylic acid groups (broad SMARTS) is 1. The molecule has 0 aromatic rings. The third kappa shape index (κ3) is 1.79. The summed E-state index contributed by atoms with van der Waals surface area (Å²) in [6, 6.07) is 0. The predicted octanol–water partition coefficient (Wildman–Crippen LogP) is -1.70. The third-order valence-electron chi connectivity index (χ3n) is 1.08. The lowest BCUT2D eigenvalue weighted by molar-refractivity contribution is -0.299. The van der Waals surface area contributed by atoms with Crippen LogP contribution in [0.1, 0.15) is 0 Å². The molecule has 12 heavy (non-hydrogen) atoms. The molecule has 1 aliphatic heterocycles. The quantitative estimate of drug-likeness (QED) is 0.278. The van der Waals surface area contributed by atoms with Crippen molar-refractivity contribution in [1.82, 2.24) is 0 Å². The minimum Gasteiger partial charge on any atom is -0.541 e. The van der Waals surface area contributed by atoms with Crippen LogP contribution in [-0.2, 0) is 19.1 Å². The highest BCUT2D eigenvalue weighted by atomic mass is 16.5. The van der Waals surface area contributed by atoms with Crippen LogP contribution < -0.4 is 5.11 Å². The van der Waals surface area contributed by atoms with Crippen molar-refractivity contribution in [2.45, 2.75) is 0 Å². The van der Waals surface area contributed by atoms with Gasteiger partial charge in [-0.2, -0.15) is 0 Å². The third-order valence-corrected chi connectivity index (χ3v) is 1.08. The zero-order valence-corrected chi connectivity index (χ0v) is 5.77. The van der Waals surface area contributed by atoms with Crippen molar-refractivity contribution in [3.8, 4) is 0 Å². The summed E-state index contributed by atoms with van der Waals surface area (Å²) < 4.78 is 4.38. The molecule has 0 amide bonds. The van der Waals surface area contributed by atoms with Gasteiger partial charge in [0.25, 0.3) is 0 Å². The summed E-state index contributed by atoms with van der Waals surface area (Å²) in [5.41, 5.74) is 0. The van der Waals surface area contributed by atoms with E-state index in [-0.39, 0.29) is 5.76 Å². The first-order valence-corrected chi connectivity index (χ1v) is 2.96. The van der Waals surface area contributed by atoms with Gasteiger partial charge >= 0.3 is 5.97 Å². The molecule has 0 saturated carbocycles. The van der Waals surface area contributed by atoms with Gasteiger partial charge in [-0.3, -0.25) is 4.79 Å². The molecule has 0 N–H and O–H groups in total. The Morgan fingerprint density at radius 2 is 2.08 bits per heavy atom. The van der Waals surface area contributed by atoms with Crippen molar-refractivity contribution < 1.29 is 24.2 Å². The maximum absolute atomic E-state index is 10.4. The minimum atomic E-state index is -1.83. The summed E-state index contributed by atoms with van der Waals surface area (Å²) in [6.45, 7) is 0. The van der Waals surface area contributed by atoms with Gasteiger partial charge in [-0.15, -0.1) is 0 Å². The van der Waals surface area contributed by atoms with Gasteiger partial charge in [-0.1, -0.05) is 0 Å². The van der Waals surface area contributed by atoms with Gasteiger partial charge in [-0.05, 0) is 6.08 Å². The number of cyclic esters (lactones) is 1. The van der Waals surface area contributed by atoms with E-state index in [1.54, 1.807) is 0 Å². The van der Waals surface area contributed by atoms with Crippen molar-refractivity contribution in [1.29, 1.82) is 0 Å². The number of aliphatic carboxylic acids is 1. The standard InChI is InChI=1S/C7H4O5/c8-5(7(10)11)3-4-1-2-6(9)12-4/h1-3H,(H,10,11)/p-1/b4-3-. The van der Waals surface area contributed by atoms with E-state index in [0.29, 0.717) is 6.08 Å². The summed E-state index contributed by atoms with van der Waals surface area (Å²) in [6.07, 6.45) is 2.95. The number of carboxylic acids is 1. The molecule has 0 bridgehead atoms. The van der Waals surface area contributed by atoms with Crippen molar-refractivity contribution in [3.05, 3.63) is 24.0 Å². The van der Waals surface area contributed by atoms with Gasteiger partial charge in [-0.25, -0.2) is 4.79 Å². The molecular weight excluding hydrogens is 164 g/mol. The maximum atomic E-state index is 10.4. The lowest BCUT2D eigenvalue weighted by Gasteiger charge is -1.96. The van der Waals surface area contributed by atoms with Crippen LogP contribution >= 0.6 is 0 Å². The Labute approximate surface area is 66.9 Å². The van der Waals surface area contributed by atoms with Gasteiger partial charge in [0, 0.05) is 12.2 Å². The summed E-state index contributed by atoms with van der Waals surface area (Å²) in [4.78, 5) is 30.7. The van der Waals surface area contributed by atoms with E-state index in [9.17, 15) is 19.5 Å². The Bertz CT molecular complexity index is 310. The number of rotatable bonds is 2. The first-order chi connectivity index (χ1) is 5.59. The molecule has 1 heterocycles. The Kier molecular flexibility index (Phi) is 2.05. The Morgan fingerprint density at radius 3 is 2.50 bits per heavy atom. The van der Waals surface area contributed by atoms with Crippen molar-refractivity contribution >= 4 is 17.7 Å². The second-order valence-electron chi connectivity index (χ2n) is 1.95. The number of ketones is 1. The van der Waals surface area contributed by atoms with Crippen molar-refractivity contribution in [3.63, 3.8) is 0 Å². The molecule has 62 valence electrons. The lowest BCUT2D eigenvalue weighted by atomic mass is 10.3. The van der Waals surface area contributed by atoms with Gasteiger partial charge in [0.05, 0.1) is 0 Å². The highest BCUT2D eigenvalue weighted by Crippen LogP contribution is 2.08. The smallest absolute Gasteiger partial charge is 0.336 e. The monoisotopic (exact) mass is 167 g/mol. The molecular formula is C7H3O5-. The van der Waals surface area contributed by atoms with Gasteiger partial charge < -0.3 is 14.6 Å². The second kappa shape index (κ2) is 3.00. The van der Waals surface area contributed by atoms with E-state index in [4.69, 9.17) is 0 Å². The number of carbonyl (C=O) groups excluding carboxylic acids is 3. The Morgan fingerprint density at radius 1 is 1.42 bits per heavy atom. The highest BCUT2D eigenvalue weighted by Gasteiger charge is 2.10. The molecule has 0 aliphatic carbocycles. The fraction of sp³-hybridized carbons (Fsp3) is 0. The van der Waals surface area contributed by atoms with Crippen molar-refractivity contribution in [2.75, 3.05) is 0 Å². The minimum absolute atomic E-state index is 0.0887. The van der Waals surface area contributed by atoms with E-state index in [2.05, 4.69) is 4.74 Å². The van der Waals surface area contributed by atoms with E-state index in [0.717, 1.165) is 6.08 Å². The number of carbonyl (C=O) groups is 3. The van der Waals surface area contributed by atoms with E-state index in [1.807, 2.05) is 0 Å². The van der Waals surface area contributed by atoms with Crippen LogP contribution in [0.15, 0.2) is 24.0 Å². The lowest BCUT2D eigenvalue weighted by Crippen LogP contribution is -2.30. The van der Waals surface area contributed by atoms with E-state index < -0.39 is 17.7 Å². The molecule has 0 fully saturated rings. The van der Waals surface area contributed by atoms with Crippen LogP contribution in [0, 0.1) is 0 Å². The maximum Gasteiger partial charge on any atom is 0.336 e. The topological polar surface area (TPSA) is 83.5 Å². The van der Waals surface area contributed by atoms with E-state index in [1.165, 1.54) is 6.08 Å². The number of allylic oxidation sites excluding steroid dienone is 1. The summed E-state index contributed by atoms with van der Waals surface area (Å²) in [5.74, 6) is -3.79. The number of esters is 1. The predicted molar refractivity (Wildman–Crippen MR) is 33.3 cm³/mol. The van der Waals surface area contributed by atoms with Crippen LogP contribution in [0.25, 0.3) is 0 Å². The molecule has 5 heteroatoms. The van der Waals surface area contributed by atoms with Crippen molar-refractivity contribution in [2.24, 2.45) is 0 Å². The van der Waals surface area contributed by atoms with Gasteiger partial charge in [0.1, 0.15) is 11.7 Å². The summed E-state index contributed by atoms with van der Waals surface area (Å²) in [7, 11) is 0. The number of ether oxygens (including phenoxy) is 1. The van der Waals surface area contributed by atoms with Crippen LogP contribution in [0.5, 0.6) is 0 Å². The number of hydrogen-bond donors (Lipinski definition) is 0. The zero-order valence-electron chi connectivity index (χ0n) is 5.77. The average Bonchev–Trinajstić information content (AvgIpc) is 2.35. The van der Waals surface area contributed by atoms with Gasteiger partial charge in [0.15, 0.2) is 0 Å². The molecule has 0 atom stereocenters. The highest BCUT2D eigenvalue weighted by molar-refractivity contribution is 6.36. The fourth-order valence-corrected chi connectivity index (χ4v) is 0.600. The SMILES string of the molecule is O=C1C=C/C(=C/C(=O)C(=O)[O-])O1. The second-order valence-corrected chi connectivity index (χ2v) is 1.95. The molecule has 0 spiro atoms. The van der Waals surface area contributed by atoms with Crippen LogP contribution in [0.3, 0.4) is 0 Å². The van der Waals surface area contributed by atoms with E-state index >= 15 is 0 Å². The summed E-state index contributed by atoms with van der Waals surface area (Å²) >= 11 is 0. The largest absolute Gasteiger partial charge is 0.541 e. The van der Waals surface area contributed by atoms with Gasteiger partial charge in [0.2, 0.25) is 5.78 Å². The Balaban J connectivity index is 2.72. The molecule has 0 unspecified atom stereocenters. The molecule has 0 radical (unpaired) electrons. The van der Waals surface area contributed by atoms with Crippen LogP contribution in [-0.4, -0.2) is 17.7 Å². The zero-order chi connectivity index (χ0) is 9.14. The molecule has 1 rings (SSSR count). The molecule has 0 saturated heterocycles. The Hall–Kier alpha value is -1.91. The molecule has 1 aliphatic rings. The molecule has 0 aromatic carbocycles. The first-order valence-electron chi connectivity index (χ1n) is 2.96. The first kappa shape index (κ1) is 8.19. The fourth-order valence-electron chi connectivity index (χ4n) is 0.600.